The molecule has 2 aromatic rings. The molecule has 35 heavy (non-hydrogen) atoms. The van der Waals surface area contributed by atoms with E-state index in [2.05, 4.69) is 50.4 Å². The highest BCUT2D eigenvalue weighted by atomic mass is 16.5. The molecule has 0 spiro atoms. The zero-order valence-electron chi connectivity index (χ0n) is 21.0. The highest BCUT2D eigenvalue weighted by molar-refractivity contribution is 5.86. The van der Waals surface area contributed by atoms with Crippen LogP contribution in [0.5, 0.6) is 0 Å². The monoisotopic (exact) mass is 480 g/mol. The summed E-state index contributed by atoms with van der Waals surface area (Å²) in [5.74, 6) is -1.32. The Morgan fingerprint density at radius 2 is 1.60 bits per heavy atom. The molecule has 0 saturated carbocycles. The Kier molecular flexibility index (Phi) is 8.54. The van der Waals surface area contributed by atoms with Gasteiger partial charge >= 0.3 is 12.1 Å². The van der Waals surface area contributed by atoms with E-state index in [1.54, 1.807) is 6.92 Å². The Bertz CT molecular complexity index is 1010. The van der Waals surface area contributed by atoms with Crippen LogP contribution in [-0.4, -0.2) is 53.7 Å². The molecule has 1 aliphatic rings. The number of carboxylic acid groups (broad SMARTS) is 1. The molecule has 0 bridgehead atoms. The Morgan fingerprint density at radius 1 is 1.03 bits per heavy atom. The van der Waals surface area contributed by atoms with Gasteiger partial charge in [0.2, 0.25) is 5.91 Å². The highest BCUT2D eigenvalue weighted by Gasteiger charge is 2.31. The molecule has 0 heterocycles. The van der Waals surface area contributed by atoms with Crippen LogP contribution < -0.4 is 5.32 Å². The first-order chi connectivity index (χ1) is 16.6. The van der Waals surface area contributed by atoms with Crippen molar-refractivity contribution in [3.8, 4) is 11.1 Å². The van der Waals surface area contributed by atoms with Crippen LogP contribution in [0.4, 0.5) is 4.79 Å². The van der Waals surface area contributed by atoms with E-state index in [0.29, 0.717) is 19.4 Å². The van der Waals surface area contributed by atoms with Crippen LogP contribution >= 0.6 is 0 Å². The van der Waals surface area contributed by atoms with Gasteiger partial charge in [0.25, 0.3) is 0 Å². The van der Waals surface area contributed by atoms with Gasteiger partial charge in [-0.3, -0.25) is 9.59 Å². The maximum atomic E-state index is 13.2. The molecule has 1 aliphatic carbocycles. The summed E-state index contributed by atoms with van der Waals surface area (Å²) in [6, 6.07) is 15.4. The third-order valence-corrected chi connectivity index (χ3v) is 6.41. The summed E-state index contributed by atoms with van der Waals surface area (Å²) in [7, 11) is 0. The second kappa shape index (κ2) is 11.4. The number of amides is 2. The van der Waals surface area contributed by atoms with E-state index in [1.807, 2.05) is 24.3 Å². The standard InChI is InChI=1S/C28H36N2O5/c1-5-30(17-15-25(31)32)26(33)24(14-16-28(2,3)4)29-27(34)35-18-23-21-12-8-6-10-19(21)20-11-7-9-13-22(20)23/h6-13,23-24H,5,14-18H2,1-4H3,(H,29,34)(H,31,32). The molecule has 0 fully saturated rings. The van der Waals surface area contributed by atoms with Gasteiger partial charge in [-0.15, -0.1) is 0 Å². The van der Waals surface area contributed by atoms with E-state index in [-0.39, 0.29) is 36.8 Å². The summed E-state index contributed by atoms with van der Waals surface area (Å²) in [5.41, 5.74) is 4.50. The molecule has 1 unspecified atom stereocenters. The number of nitrogens with one attached hydrogen (secondary N) is 1. The van der Waals surface area contributed by atoms with Gasteiger partial charge in [-0.1, -0.05) is 69.3 Å². The van der Waals surface area contributed by atoms with Gasteiger partial charge in [0.05, 0.1) is 6.42 Å². The van der Waals surface area contributed by atoms with Gasteiger partial charge in [-0.25, -0.2) is 4.79 Å². The Morgan fingerprint density at radius 3 is 2.11 bits per heavy atom. The van der Waals surface area contributed by atoms with E-state index < -0.39 is 18.1 Å². The lowest BCUT2D eigenvalue weighted by Gasteiger charge is -2.28. The minimum absolute atomic E-state index is 0.0283. The minimum atomic E-state index is -0.966. The van der Waals surface area contributed by atoms with E-state index >= 15 is 0 Å². The number of carbonyl (C=O) groups is 3. The number of carbonyl (C=O) groups excluding carboxylic acids is 2. The van der Waals surface area contributed by atoms with Crippen LogP contribution in [0.25, 0.3) is 11.1 Å². The number of hydrogen-bond donors (Lipinski definition) is 2. The van der Waals surface area contributed by atoms with E-state index in [1.165, 1.54) is 4.90 Å². The largest absolute Gasteiger partial charge is 0.481 e. The van der Waals surface area contributed by atoms with Gasteiger partial charge in [0, 0.05) is 19.0 Å². The first kappa shape index (κ1) is 26.3. The molecule has 0 aromatic heterocycles. The van der Waals surface area contributed by atoms with E-state index in [4.69, 9.17) is 9.84 Å². The summed E-state index contributed by atoms with van der Waals surface area (Å²) >= 11 is 0. The van der Waals surface area contributed by atoms with Crippen molar-refractivity contribution in [1.82, 2.24) is 10.2 Å². The van der Waals surface area contributed by atoms with Gasteiger partial charge < -0.3 is 20.1 Å². The van der Waals surface area contributed by atoms with Gasteiger partial charge in [0.15, 0.2) is 0 Å². The molecular formula is C28H36N2O5. The maximum absolute atomic E-state index is 13.2. The van der Waals surface area contributed by atoms with Crippen LogP contribution in [0, 0.1) is 5.41 Å². The molecule has 2 aromatic carbocycles. The van der Waals surface area contributed by atoms with Crippen LogP contribution in [0.15, 0.2) is 48.5 Å². The molecule has 0 saturated heterocycles. The van der Waals surface area contributed by atoms with Crippen molar-refractivity contribution in [2.45, 2.75) is 58.9 Å². The van der Waals surface area contributed by atoms with Gasteiger partial charge in [0.1, 0.15) is 12.6 Å². The van der Waals surface area contributed by atoms with Crippen molar-refractivity contribution in [3.05, 3.63) is 59.7 Å². The van der Waals surface area contributed by atoms with Crippen LogP contribution in [-0.2, 0) is 14.3 Å². The van der Waals surface area contributed by atoms with Crippen molar-refractivity contribution in [2.75, 3.05) is 19.7 Å². The zero-order chi connectivity index (χ0) is 25.6. The molecule has 1 atom stereocenters. The smallest absolute Gasteiger partial charge is 0.407 e. The van der Waals surface area contributed by atoms with Gasteiger partial charge in [-0.05, 0) is 47.4 Å². The van der Waals surface area contributed by atoms with Gasteiger partial charge in [-0.2, -0.15) is 0 Å². The number of benzene rings is 2. The molecule has 0 radical (unpaired) electrons. The summed E-state index contributed by atoms with van der Waals surface area (Å²) in [5, 5.41) is 11.8. The number of carboxylic acids is 1. The Labute approximate surface area is 207 Å². The number of likely N-dealkylation sites (N-methyl/N-ethyl adjacent to an activating group) is 1. The minimum Gasteiger partial charge on any atom is -0.481 e. The predicted octanol–water partition coefficient (Wildman–Crippen LogP) is 5.04. The van der Waals surface area contributed by atoms with Crippen molar-refractivity contribution in [2.24, 2.45) is 5.41 Å². The lowest BCUT2D eigenvalue weighted by atomic mass is 9.88. The van der Waals surface area contributed by atoms with Crippen LogP contribution in [0.1, 0.15) is 64.0 Å². The average molecular weight is 481 g/mol. The SMILES string of the molecule is CCN(CCC(=O)O)C(=O)C(CCC(C)(C)C)NC(=O)OCC1c2ccccc2-c2ccccc21. The fourth-order valence-corrected chi connectivity index (χ4v) is 4.49. The first-order valence-electron chi connectivity index (χ1n) is 12.2. The molecule has 7 nitrogen and oxygen atoms in total. The fourth-order valence-electron chi connectivity index (χ4n) is 4.49. The maximum Gasteiger partial charge on any atom is 0.407 e. The molecule has 2 amide bonds. The summed E-state index contributed by atoms with van der Waals surface area (Å²) < 4.78 is 5.65. The third kappa shape index (κ3) is 6.84. The number of fused-ring (bicyclic) bond motifs is 3. The topological polar surface area (TPSA) is 95.9 Å². The van der Waals surface area contributed by atoms with E-state index in [9.17, 15) is 14.4 Å². The Hall–Kier alpha value is -3.35. The number of rotatable bonds is 10. The lowest BCUT2D eigenvalue weighted by molar-refractivity contribution is -0.139. The number of hydrogen-bond acceptors (Lipinski definition) is 4. The van der Waals surface area contributed by atoms with Crippen LogP contribution in [0.3, 0.4) is 0 Å². The first-order valence-corrected chi connectivity index (χ1v) is 12.2. The summed E-state index contributed by atoms with van der Waals surface area (Å²) in [4.78, 5) is 38.5. The molecule has 3 rings (SSSR count). The van der Waals surface area contributed by atoms with E-state index in [0.717, 1.165) is 22.3 Å². The van der Waals surface area contributed by atoms with Crippen molar-refractivity contribution < 1.29 is 24.2 Å². The van der Waals surface area contributed by atoms with Crippen molar-refractivity contribution in [3.63, 3.8) is 0 Å². The normalized spacial score (nSPS) is 13.5. The molecular weight excluding hydrogens is 444 g/mol. The second-order valence-electron chi connectivity index (χ2n) is 10.2. The quantitative estimate of drug-likeness (QED) is 0.496. The zero-order valence-corrected chi connectivity index (χ0v) is 21.0. The second-order valence-corrected chi connectivity index (χ2v) is 10.2. The number of aliphatic carboxylic acids is 1. The number of alkyl carbamates (subject to hydrolysis) is 1. The summed E-state index contributed by atoms with van der Waals surface area (Å²) in [6.07, 6.45) is 0.365. The van der Waals surface area contributed by atoms with Crippen LogP contribution in [0.2, 0.25) is 0 Å². The average Bonchev–Trinajstić information content (AvgIpc) is 3.13. The Balaban J connectivity index is 1.69. The highest BCUT2D eigenvalue weighted by Crippen LogP contribution is 2.44. The lowest BCUT2D eigenvalue weighted by Crippen LogP contribution is -2.49. The molecule has 0 aliphatic heterocycles. The third-order valence-electron chi connectivity index (χ3n) is 6.41. The predicted molar refractivity (Wildman–Crippen MR) is 135 cm³/mol. The fraction of sp³-hybridized carbons (Fsp3) is 0.464. The summed E-state index contributed by atoms with van der Waals surface area (Å²) in [6.45, 7) is 8.65. The molecule has 2 N–H and O–H groups in total. The number of ether oxygens (including phenoxy) is 1. The number of nitrogens with zero attached hydrogens (tertiary/aromatic N) is 1. The van der Waals surface area contributed by atoms with Crippen molar-refractivity contribution in [1.29, 1.82) is 0 Å². The molecule has 7 heteroatoms. The van der Waals surface area contributed by atoms with Crippen molar-refractivity contribution >= 4 is 18.0 Å². The molecule has 188 valence electrons.